The number of nitro groups is 1. The lowest BCUT2D eigenvalue weighted by Crippen LogP contribution is -2.21. The van der Waals surface area contributed by atoms with E-state index in [9.17, 15) is 15.2 Å². The summed E-state index contributed by atoms with van der Waals surface area (Å²) in [6, 6.07) is 6.44. The van der Waals surface area contributed by atoms with E-state index in [-0.39, 0.29) is 11.8 Å². The number of aromatic nitrogens is 2. The first-order valence-electron chi connectivity index (χ1n) is 7.20. The first-order valence-corrected chi connectivity index (χ1v) is 7.20. The van der Waals surface area contributed by atoms with Crippen molar-refractivity contribution in [1.82, 2.24) is 14.7 Å². The molecule has 22 heavy (non-hydrogen) atoms. The lowest BCUT2D eigenvalue weighted by atomic mass is 10.1. The van der Waals surface area contributed by atoms with E-state index in [0.29, 0.717) is 6.54 Å². The smallest absolute Gasteiger partial charge is 0.269 e. The van der Waals surface area contributed by atoms with E-state index in [4.69, 9.17) is 0 Å². The first kappa shape index (κ1) is 14.7. The van der Waals surface area contributed by atoms with Gasteiger partial charge in [-0.25, -0.2) is 0 Å². The number of nitro benzene ring substituents is 1. The van der Waals surface area contributed by atoms with Gasteiger partial charge in [-0.3, -0.25) is 19.7 Å². The molecule has 2 heterocycles. The summed E-state index contributed by atoms with van der Waals surface area (Å²) in [6.45, 7) is 2.27. The van der Waals surface area contributed by atoms with E-state index in [0.717, 1.165) is 36.3 Å². The molecule has 0 aliphatic carbocycles. The van der Waals surface area contributed by atoms with Crippen molar-refractivity contribution in [2.24, 2.45) is 7.05 Å². The number of benzene rings is 1. The molecule has 2 aromatic rings. The molecule has 1 fully saturated rings. The Balaban J connectivity index is 1.85. The second-order valence-corrected chi connectivity index (χ2v) is 5.66. The van der Waals surface area contributed by atoms with Crippen molar-refractivity contribution in [3.8, 4) is 11.3 Å². The zero-order valence-electron chi connectivity index (χ0n) is 12.3. The Morgan fingerprint density at radius 2 is 2.14 bits per heavy atom. The Morgan fingerprint density at radius 1 is 1.41 bits per heavy atom. The third-order valence-corrected chi connectivity index (χ3v) is 3.90. The maximum absolute atomic E-state index is 10.7. The molecular formula is C15H18N4O3. The largest absolute Gasteiger partial charge is 0.392 e. The fraction of sp³-hybridized carbons (Fsp3) is 0.400. The average Bonchev–Trinajstić information content (AvgIpc) is 3.05. The predicted molar refractivity (Wildman–Crippen MR) is 81.2 cm³/mol. The quantitative estimate of drug-likeness (QED) is 0.684. The van der Waals surface area contributed by atoms with Crippen LogP contribution in [0.25, 0.3) is 11.3 Å². The van der Waals surface area contributed by atoms with Crippen LogP contribution in [0.4, 0.5) is 5.69 Å². The van der Waals surface area contributed by atoms with Crippen molar-refractivity contribution < 1.29 is 10.0 Å². The summed E-state index contributed by atoms with van der Waals surface area (Å²) in [5.41, 5.74) is 2.83. The molecule has 7 heteroatoms. The molecule has 0 spiro atoms. The number of aliphatic hydroxyl groups is 1. The van der Waals surface area contributed by atoms with Gasteiger partial charge in [0.1, 0.15) is 0 Å². The molecule has 1 aromatic heterocycles. The predicted octanol–water partition coefficient (Wildman–Crippen LogP) is 1.56. The average molecular weight is 302 g/mol. The monoisotopic (exact) mass is 302 g/mol. The second-order valence-electron chi connectivity index (χ2n) is 5.66. The Labute approximate surface area is 127 Å². The maximum Gasteiger partial charge on any atom is 0.269 e. The van der Waals surface area contributed by atoms with Gasteiger partial charge >= 0.3 is 0 Å². The van der Waals surface area contributed by atoms with E-state index in [1.807, 2.05) is 13.2 Å². The van der Waals surface area contributed by atoms with Crippen molar-refractivity contribution in [2.75, 3.05) is 13.1 Å². The first-order chi connectivity index (χ1) is 10.5. The molecule has 1 aromatic carbocycles. The Morgan fingerprint density at radius 3 is 2.73 bits per heavy atom. The summed E-state index contributed by atoms with van der Waals surface area (Å²) in [4.78, 5) is 12.5. The van der Waals surface area contributed by atoms with Crippen LogP contribution in [0.2, 0.25) is 0 Å². The van der Waals surface area contributed by atoms with E-state index in [1.54, 1.807) is 16.8 Å². The van der Waals surface area contributed by atoms with Crippen LogP contribution in [0, 0.1) is 10.1 Å². The molecule has 0 amide bonds. The number of nitrogens with zero attached hydrogens (tertiary/aromatic N) is 4. The van der Waals surface area contributed by atoms with Crippen LogP contribution in [-0.2, 0) is 13.6 Å². The fourth-order valence-corrected chi connectivity index (χ4v) is 2.83. The van der Waals surface area contributed by atoms with E-state index in [1.165, 1.54) is 12.1 Å². The molecule has 1 saturated heterocycles. The molecule has 1 N–H and O–H groups in total. The molecule has 0 bridgehead atoms. The van der Waals surface area contributed by atoms with Crippen LogP contribution in [0.3, 0.4) is 0 Å². The number of aryl methyl sites for hydroxylation is 1. The third-order valence-electron chi connectivity index (χ3n) is 3.90. The number of aliphatic hydroxyl groups excluding tert-OH is 1. The Bertz CT molecular complexity index is 681. The van der Waals surface area contributed by atoms with Crippen molar-refractivity contribution in [1.29, 1.82) is 0 Å². The third kappa shape index (κ3) is 3.00. The highest BCUT2D eigenvalue weighted by atomic mass is 16.6. The molecule has 0 saturated carbocycles. The number of likely N-dealkylation sites (tertiary alicyclic amines) is 1. The summed E-state index contributed by atoms with van der Waals surface area (Å²) < 4.78 is 1.75. The minimum Gasteiger partial charge on any atom is -0.392 e. The highest BCUT2D eigenvalue weighted by Gasteiger charge is 2.22. The molecule has 3 rings (SSSR count). The van der Waals surface area contributed by atoms with E-state index < -0.39 is 4.92 Å². The van der Waals surface area contributed by atoms with Crippen LogP contribution < -0.4 is 0 Å². The molecule has 1 aliphatic rings. The van der Waals surface area contributed by atoms with Crippen LogP contribution in [0.5, 0.6) is 0 Å². The molecule has 116 valence electrons. The van der Waals surface area contributed by atoms with Crippen LogP contribution in [-0.4, -0.2) is 43.9 Å². The molecule has 0 radical (unpaired) electrons. The standard InChI is InChI=1S/C15H18N4O3/c1-17-8-12(9-18-7-6-14(20)10-18)15(16-17)11-2-4-13(5-3-11)19(21)22/h2-5,8,14,20H,6-7,9-10H2,1H3/t14-/m1/s1. The van der Waals surface area contributed by atoms with Crippen LogP contribution in [0.15, 0.2) is 30.5 Å². The topological polar surface area (TPSA) is 84.4 Å². The second kappa shape index (κ2) is 5.86. The molecule has 1 atom stereocenters. The highest BCUT2D eigenvalue weighted by molar-refractivity contribution is 5.64. The SMILES string of the molecule is Cn1cc(CN2CC[C@@H](O)C2)c(-c2ccc([N+](=O)[O-])cc2)n1. The zero-order chi connectivity index (χ0) is 15.7. The highest BCUT2D eigenvalue weighted by Crippen LogP contribution is 2.26. The minimum absolute atomic E-state index is 0.0731. The summed E-state index contributed by atoms with van der Waals surface area (Å²) in [6.07, 6.45) is 2.51. The van der Waals surface area contributed by atoms with Gasteiger partial charge in [-0.15, -0.1) is 0 Å². The lowest BCUT2D eigenvalue weighted by molar-refractivity contribution is -0.384. The van der Waals surface area contributed by atoms with Gasteiger partial charge in [0.25, 0.3) is 5.69 Å². The van der Waals surface area contributed by atoms with Gasteiger partial charge in [0.15, 0.2) is 0 Å². The van der Waals surface area contributed by atoms with Gasteiger partial charge in [0.05, 0.1) is 16.7 Å². The van der Waals surface area contributed by atoms with Gasteiger partial charge in [-0.2, -0.15) is 5.10 Å². The van der Waals surface area contributed by atoms with Crippen LogP contribution >= 0.6 is 0 Å². The van der Waals surface area contributed by atoms with E-state index >= 15 is 0 Å². The summed E-state index contributed by atoms with van der Waals surface area (Å²) in [5.74, 6) is 0. The molecular weight excluding hydrogens is 284 g/mol. The van der Waals surface area contributed by atoms with E-state index in [2.05, 4.69) is 10.00 Å². The normalized spacial score (nSPS) is 18.7. The fourth-order valence-electron chi connectivity index (χ4n) is 2.83. The number of hydrogen-bond acceptors (Lipinski definition) is 5. The van der Waals surface area contributed by atoms with Gasteiger partial charge < -0.3 is 5.11 Å². The van der Waals surface area contributed by atoms with Gasteiger partial charge in [-0.1, -0.05) is 0 Å². The van der Waals surface area contributed by atoms with Crippen molar-refractivity contribution in [2.45, 2.75) is 19.1 Å². The molecule has 0 unspecified atom stereocenters. The molecule has 7 nitrogen and oxygen atoms in total. The number of non-ortho nitro benzene ring substituents is 1. The van der Waals surface area contributed by atoms with Crippen molar-refractivity contribution >= 4 is 5.69 Å². The van der Waals surface area contributed by atoms with Crippen LogP contribution in [0.1, 0.15) is 12.0 Å². The number of β-amino-alcohol motifs (C(OH)–C–C–N with tert-alkyl or cyclic N) is 1. The van der Waals surface area contributed by atoms with Crippen molar-refractivity contribution in [3.05, 3.63) is 46.1 Å². The van der Waals surface area contributed by atoms with Gasteiger partial charge in [0.2, 0.25) is 0 Å². The lowest BCUT2D eigenvalue weighted by Gasteiger charge is -2.14. The minimum atomic E-state index is -0.408. The zero-order valence-corrected chi connectivity index (χ0v) is 12.3. The summed E-state index contributed by atoms with van der Waals surface area (Å²) >= 11 is 0. The Hall–Kier alpha value is -2.25. The van der Waals surface area contributed by atoms with Crippen molar-refractivity contribution in [3.63, 3.8) is 0 Å². The molecule has 1 aliphatic heterocycles. The Kier molecular flexibility index (Phi) is 3.91. The number of rotatable bonds is 4. The number of hydrogen-bond donors (Lipinski definition) is 1. The maximum atomic E-state index is 10.7. The summed E-state index contributed by atoms with van der Waals surface area (Å²) in [7, 11) is 1.86. The summed E-state index contributed by atoms with van der Waals surface area (Å²) in [5, 5.41) is 24.8. The van der Waals surface area contributed by atoms with Gasteiger partial charge in [0, 0.05) is 56.1 Å². The van der Waals surface area contributed by atoms with Gasteiger partial charge in [-0.05, 0) is 18.6 Å².